The van der Waals surface area contributed by atoms with Crippen molar-refractivity contribution in [2.24, 2.45) is 5.10 Å². The van der Waals surface area contributed by atoms with Gasteiger partial charge in [0.1, 0.15) is 0 Å². The third-order valence-corrected chi connectivity index (χ3v) is 5.63. The van der Waals surface area contributed by atoms with Crippen LogP contribution in [-0.2, 0) is 10.0 Å². The predicted molar refractivity (Wildman–Crippen MR) is 115 cm³/mol. The third-order valence-electron chi connectivity index (χ3n) is 4.00. The lowest BCUT2D eigenvalue weighted by Gasteiger charge is -2.11. The number of nitrogens with zero attached hydrogens (tertiary/aromatic N) is 1. The molecule has 0 radical (unpaired) electrons. The minimum atomic E-state index is -3.88. The molecule has 1 amide bonds. The van der Waals surface area contributed by atoms with Crippen molar-refractivity contribution in [3.63, 3.8) is 0 Å². The first-order valence-corrected chi connectivity index (χ1v) is 10.5. The van der Waals surface area contributed by atoms with E-state index >= 15 is 0 Å². The lowest BCUT2D eigenvalue weighted by molar-refractivity contribution is 0.0956. The summed E-state index contributed by atoms with van der Waals surface area (Å²) < 4.78 is 27.6. The van der Waals surface area contributed by atoms with Gasteiger partial charge in [-0.25, -0.2) is 13.8 Å². The Kier molecular flexibility index (Phi) is 6.31. The van der Waals surface area contributed by atoms with Crippen LogP contribution in [0.4, 0.5) is 5.69 Å². The molecule has 3 aromatic rings. The maximum atomic E-state index is 12.6. The van der Waals surface area contributed by atoms with Crippen molar-refractivity contribution in [2.45, 2.75) is 11.8 Å². The van der Waals surface area contributed by atoms with Gasteiger partial charge in [-0.1, -0.05) is 53.6 Å². The molecule has 0 aliphatic rings. The first kappa shape index (κ1) is 20.6. The van der Waals surface area contributed by atoms with Crippen molar-refractivity contribution in [3.05, 3.63) is 94.5 Å². The zero-order valence-corrected chi connectivity index (χ0v) is 17.0. The SMILES string of the molecule is Cc1ccc(C=NNC(=O)c2ccccc2NS(=O)(=O)c2ccc(Cl)cc2)cc1. The molecule has 29 heavy (non-hydrogen) atoms. The molecule has 2 N–H and O–H groups in total. The molecule has 0 bridgehead atoms. The normalized spacial score (nSPS) is 11.4. The van der Waals surface area contributed by atoms with Gasteiger partial charge in [-0.15, -0.1) is 0 Å². The summed E-state index contributed by atoms with van der Waals surface area (Å²) in [7, 11) is -3.88. The highest BCUT2D eigenvalue weighted by molar-refractivity contribution is 7.92. The number of para-hydroxylation sites is 1. The van der Waals surface area contributed by atoms with Gasteiger partial charge in [-0.2, -0.15) is 5.10 Å². The molecule has 0 spiro atoms. The number of amides is 1. The molecule has 6 nitrogen and oxygen atoms in total. The first-order valence-electron chi connectivity index (χ1n) is 8.63. The van der Waals surface area contributed by atoms with Crippen molar-refractivity contribution >= 4 is 39.4 Å². The summed E-state index contributed by atoms with van der Waals surface area (Å²) in [5, 5.41) is 4.36. The van der Waals surface area contributed by atoms with Gasteiger partial charge >= 0.3 is 0 Å². The first-order chi connectivity index (χ1) is 13.8. The molecule has 3 aromatic carbocycles. The van der Waals surface area contributed by atoms with Crippen molar-refractivity contribution in [2.75, 3.05) is 4.72 Å². The minimum absolute atomic E-state index is 0.0366. The fourth-order valence-electron chi connectivity index (χ4n) is 2.47. The molecule has 0 saturated heterocycles. The quantitative estimate of drug-likeness (QED) is 0.456. The number of anilines is 1. The molecule has 0 heterocycles. The Balaban J connectivity index is 1.76. The highest BCUT2D eigenvalue weighted by atomic mass is 35.5. The van der Waals surface area contributed by atoms with E-state index in [1.54, 1.807) is 12.1 Å². The smallest absolute Gasteiger partial charge is 0.273 e. The van der Waals surface area contributed by atoms with Crippen LogP contribution in [0.1, 0.15) is 21.5 Å². The molecule has 0 saturated carbocycles. The van der Waals surface area contributed by atoms with E-state index in [0.29, 0.717) is 5.02 Å². The number of carbonyl (C=O) groups excluding carboxylic acids is 1. The third kappa shape index (κ3) is 5.43. The average molecular weight is 428 g/mol. The van der Waals surface area contributed by atoms with E-state index in [1.165, 1.54) is 42.6 Å². The standard InChI is InChI=1S/C21H18ClN3O3S/c1-15-6-8-16(9-7-15)14-23-24-21(26)19-4-2-3-5-20(19)25-29(27,28)18-12-10-17(22)11-13-18/h2-14,25H,1H3,(H,24,26). The lowest BCUT2D eigenvalue weighted by atomic mass is 10.2. The maximum absolute atomic E-state index is 12.6. The zero-order valence-electron chi connectivity index (χ0n) is 15.5. The Morgan fingerprint density at radius 1 is 0.966 bits per heavy atom. The van der Waals surface area contributed by atoms with Crippen LogP contribution in [0.2, 0.25) is 5.02 Å². The molecule has 0 fully saturated rings. The monoisotopic (exact) mass is 427 g/mol. The molecular formula is C21H18ClN3O3S. The van der Waals surface area contributed by atoms with Crippen LogP contribution >= 0.6 is 11.6 Å². The van der Waals surface area contributed by atoms with Crippen LogP contribution in [0.5, 0.6) is 0 Å². The number of hydrogen-bond donors (Lipinski definition) is 2. The van der Waals surface area contributed by atoms with E-state index in [0.717, 1.165) is 11.1 Å². The van der Waals surface area contributed by atoms with E-state index in [9.17, 15) is 13.2 Å². The summed E-state index contributed by atoms with van der Waals surface area (Å²) in [5.74, 6) is -0.539. The van der Waals surface area contributed by atoms with Crippen molar-refractivity contribution in [1.29, 1.82) is 0 Å². The molecule has 3 rings (SSSR count). The Morgan fingerprint density at radius 2 is 1.62 bits per heavy atom. The van der Waals surface area contributed by atoms with Gasteiger partial charge < -0.3 is 0 Å². The number of hydrogen-bond acceptors (Lipinski definition) is 4. The van der Waals surface area contributed by atoms with Crippen molar-refractivity contribution in [1.82, 2.24) is 5.43 Å². The van der Waals surface area contributed by atoms with Crippen LogP contribution in [0.3, 0.4) is 0 Å². The Hall–Kier alpha value is -3.16. The number of carbonyl (C=O) groups is 1. The molecule has 0 unspecified atom stereocenters. The molecule has 8 heteroatoms. The summed E-state index contributed by atoms with van der Waals surface area (Å²) in [6.07, 6.45) is 1.51. The number of hydrazone groups is 1. The van der Waals surface area contributed by atoms with Gasteiger partial charge in [-0.3, -0.25) is 9.52 Å². The van der Waals surface area contributed by atoms with Crippen molar-refractivity contribution < 1.29 is 13.2 Å². The topological polar surface area (TPSA) is 87.6 Å². The number of nitrogens with one attached hydrogen (secondary N) is 2. The summed E-state index contributed by atoms with van der Waals surface area (Å²) in [6, 6.07) is 19.6. The molecule has 148 valence electrons. The molecule has 0 aliphatic carbocycles. The fourth-order valence-corrected chi connectivity index (χ4v) is 3.67. The lowest BCUT2D eigenvalue weighted by Crippen LogP contribution is -2.21. The molecule has 0 atom stereocenters. The second kappa shape index (κ2) is 8.89. The van der Waals surface area contributed by atoms with E-state index < -0.39 is 15.9 Å². The van der Waals surface area contributed by atoms with Crippen molar-refractivity contribution in [3.8, 4) is 0 Å². The summed E-state index contributed by atoms with van der Waals surface area (Å²) in [5.41, 5.74) is 4.65. The summed E-state index contributed by atoms with van der Waals surface area (Å²) in [6.45, 7) is 1.98. The number of aryl methyl sites for hydroxylation is 1. The Bertz CT molecular complexity index is 1140. The van der Waals surface area contributed by atoms with Crippen LogP contribution in [0, 0.1) is 6.92 Å². The van der Waals surface area contributed by atoms with Gasteiger partial charge in [0.2, 0.25) is 0 Å². The van der Waals surface area contributed by atoms with Gasteiger partial charge in [0.05, 0.1) is 22.4 Å². The molecule has 0 aliphatic heterocycles. The number of sulfonamides is 1. The highest BCUT2D eigenvalue weighted by Crippen LogP contribution is 2.21. The minimum Gasteiger partial charge on any atom is -0.279 e. The second-order valence-electron chi connectivity index (χ2n) is 6.21. The van der Waals surface area contributed by atoms with Crippen LogP contribution in [0.25, 0.3) is 0 Å². The predicted octanol–water partition coefficient (Wildman–Crippen LogP) is 4.21. The second-order valence-corrected chi connectivity index (χ2v) is 8.33. The Morgan fingerprint density at radius 3 is 2.31 bits per heavy atom. The van der Waals surface area contributed by atoms with Gasteiger partial charge in [-0.05, 0) is 48.9 Å². The average Bonchev–Trinajstić information content (AvgIpc) is 2.70. The van der Waals surface area contributed by atoms with Gasteiger partial charge in [0, 0.05) is 5.02 Å². The maximum Gasteiger partial charge on any atom is 0.273 e. The highest BCUT2D eigenvalue weighted by Gasteiger charge is 2.18. The van der Waals surface area contributed by atoms with E-state index in [4.69, 9.17) is 11.6 Å². The summed E-state index contributed by atoms with van der Waals surface area (Å²) in [4.78, 5) is 12.5. The van der Waals surface area contributed by atoms with Crippen LogP contribution < -0.4 is 10.1 Å². The van der Waals surface area contributed by atoms with Gasteiger partial charge in [0.25, 0.3) is 15.9 Å². The van der Waals surface area contributed by atoms with E-state index in [1.807, 2.05) is 31.2 Å². The number of rotatable bonds is 6. The number of benzene rings is 3. The van der Waals surface area contributed by atoms with Gasteiger partial charge in [0.15, 0.2) is 0 Å². The van der Waals surface area contributed by atoms with E-state index in [2.05, 4.69) is 15.2 Å². The zero-order chi connectivity index (χ0) is 20.9. The largest absolute Gasteiger partial charge is 0.279 e. The Labute approximate surface area is 174 Å². The van der Waals surface area contributed by atoms with Crippen LogP contribution in [0.15, 0.2) is 82.8 Å². The van der Waals surface area contributed by atoms with Crippen LogP contribution in [-0.4, -0.2) is 20.5 Å². The fraction of sp³-hybridized carbons (Fsp3) is 0.0476. The molecular weight excluding hydrogens is 410 g/mol. The van der Waals surface area contributed by atoms with E-state index in [-0.39, 0.29) is 16.1 Å². The molecule has 0 aromatic heterocycles. The number of halogens is 1. The summed E-state index contributed by atoms with van der Waals surface area (Å²) >= 11 is 5.81.